The zero-order chi connectivity index (χ0) is 16.3. The Morgan fingerprint density at radius 3 is 2.09 bits per heavy atom. The summed E-state index contributed by atoms with van der Waals surface area (Å²) in [7, 11) is -2.42. The van der Waals surface area contributed by atoms with Gasteiger partial charge >= 0.3 is 0 Å². The summed E-state index contributed by atoms with van der Waals surface area (Å²) < 4.78 is 26.1. The van der Waals surface area contributed by atoms with Crippen LogP contribution in [0.4, 0.5) is 5.95 Å². The predicted octanol–water partition coefficient (Wildman–Crippen LogP) is 1.76. The molecule has 3 rings (SSSR count). The Balaban J connectivity index is 1.92. The fourth-order valence-corrected chi connectivity index (χ4v) is 2.90. The third-order valence-electron chi connectivity index (χ3n) is 3.15. The molecule has 7 nitrogen and oxygen atoms in total. The summed E-state index contributed by atoms with van der Waals surface area (Å²) in [5, 5.41) is 0. The van der Waals surface area contributed by atoms with E-state index in [2.05, 4.69) is 19.9 Å². The number of anilines is 1. The van der Waals surface area contributed by atoms with E-state index in [1.807, 2.05) is 30.3 Å². The average molecular weight is 327 g/mol. The lowest BCUT2D eigenvalue weighted by Gasteiger charge is -2.16. The molecule has 0 atom stereocenters. The van der Waals surface area contributed by atoms with Crippen LogP contribution in [0.5, 0.6) is 0 Å². The second-order valence-corrected chi connectivity index (χ2v) is 6.60. The molecule has 0 fully saturated rings. The first-order valence-corrected chi connectivity index (χ1v) is 8.16. The average Bonchev–Trinajstić information content (AvgIpc) is 2.62. The summed E-state index contributed by atoms with van der Waals surface area (Å²) in [5.41, 5.74) is 0.816. The van der Waals surface area contributed by atoms with Crippen LogP contribution in [0.1, 0.15) is 0 Å². The van der Waals surface area contributed by atoms with Crippen LogP contribution in [0.25, 0.3) is 11.4 Å². The van der Waals surface area contributed by atoms with Gasteiger partial charge in [0.15, 0.2) is 5.82 Å². The van der Waals surface area contributed by atoms with Crippen molar-refractivity contribution in [2.24, 2.45) is 0 Å². The maximum absolute atomic E-state index is 12.5. The normalized spacial score (nSPS) is 11.2. The lowest BCUT2D eigenvalue weighted by molar-refractivity contribution is 0.592. The van der Waals surface area contributed by atoms with Gasteiger partial charge in [0.25, 0.3) is 10.0 Å². The van der Waals surface area contributed by atoms with Crippen molar-refractivity contribution < 1.29 is 8.42 Å². The van der Waals surface area contributed by atoms with Gasteiger partial charge in [0, 0.05) is 25.0 Å². The fourth-order valence-electron chi connectivity index (χ4n) is 1.91. The molecule has 1 aromatic carbocycles. The Morgan fingerprint density at radius 1 is 0.870 bits per heavy atom. The Bertz CT molecular complexity index is 884. The summed E-state index contributed by atoms with van der Waals surface area (Å²) in [6, 6.07) is 10.9. The molecule has 3 aromatic rings. The zero-order valence-electron chi connectivity index (χ0n) is 12.2. The smallest absolute Gasteiger partial charge is 0.237 e. The first-order valence-electron chi connectivity index (χ1n) is 6.72. The first-order chi connectivity index (χ1) is 11.1. The van der Waals surface area contributed by atoms with Crippen LogP contribution in [-0.2, 0) is 10.0 Å². The Kier molecular flexibility index (Phi) is 3.98. The van der Waals surface area contributed by atoms with Crippen molar-refractivity contribution in [2.75, 3.05) is 11.4 Å². The van der Waals surface area contributed by atoms with E-state index in [9.17, 15) is 8.42 Å². The van der Waals surface area contributed by atoms with Gasteiger partial charge in [0.2, 0.25) is 5.95 Å². The molecular formula is C15H13N5O2S. The second-order valence-electron chi connectivity index (χ2n) is 4.63. The minimum absolute atomic E-state index is 0.0212. The van der Waals surface area contributed by atoms with Gasteiger partial charge in [-0.1, -0.05) is 30.3 Å². The molecule has 0 saturated carbocycles. The van der Waals surface area contributed by atoms with Gasteiger partial charge in [-0.3, -0.25) is 0 Å². The summed E-state index contributed by atoms with van der Waals surface area (Å²) in [6.07, 6.45) is 5.51. The van der Waals surface area contributed by atoms with Crippen LogP contribution in [0, 0.1) is 0 Å². The van der Waals surface area contributed by atoms with E-state index in [0.29, 0.717) is 5.82 Å². The largest absolute Gasteiger partial charge is 0.269 e. The van der Waals surface area contributed by atoms with Crippen LogP contribution >= 0.6 is 0 Å². The predicted molar refractivity (Wildman–Crippen MR) is 85.1 cm³/mol. The highest BCUT2D eigenvalue weighted by Gasteiger charge is 2.24. The monoisotopic (exact) mass is 327 g/mol. The molecule has 0 amide bonds. The maximum Gasteiger partial charge on any atom is 0.269 e. The Labute approximate surface area is 133 Å². The highest BCUT2D eigenvalue weighted by molar-refractivity contribution is 7.92. The number of nitrogens with zero attached hydrogens (tertiary/aromatic N) is 5. The van der Waals surface area contributed by atoms with E-state index in [1.165, 1.54) is 31.8 Å². The number of rotatable bonds is 4. The van der Waals surface area contributed by atoms with Crippen molar-refractivity contribution in [3.63, 3.8) is 0 Å². The van der Waals surface area contributed by atoms with Crippen LogP contribution in [0.2, 0.25) is 0 Å². The van der Waals surface area contributed by atoms with E-state index >= 15 is 0 Å². The van der Waals surface area contributed by atoms with Crippen LogP contribution < -0.4 is 4.31 Å². The molecule has 23 heavy (non-hydrogen) atoms. The molecule has 0 unspecified atom stereocenters. The van der Waals surface area contributed by atoms with Crippen molar-refractivity contribution in [1.29, 1.82) is 0 Å². The molecule has 8 heteroatoms. The molecule has 0 aliphatic rings. The molecular weight excluding hydrogens is 314 g/mol. The molecule has 0 aliphatic carbocycles. The molecule has 0 bridgehead atoms. The Hall–Kier alpha value is -2.87. The van der Waals surface area contributed by atoms with Gasteiger partial charge in [-0.05, 0) is 6.07 Å². The van der Waals surface area contributed by atoms with Crippen molar-refractivity contribution in [3.05, 3.63) is 61.2 Å². The second kappa shape index (κ2) is 6.09. The summed E-state index contributed by atoms with van der Waals surface area (Å²) >= 11 is 0. The summed E-state index contributed by atoms with van der Waals surface area (Å²) in [5.74, 6) is 0.544. The summed E-state index contributed by atoms with van der Waals surface area (Å²) in [6.45, 7) is 0. The van der Waals surface area contributed by atoms with Gasteiger partial charge in [-0.25, -0.2) is 32.7 Å². The van der Waals surface area contributed by atoms with Gasteiger partial charge in [0.1, 0.15) is 4.90 Å². The number of aromatic nitrogens is 4. The first kappa shape index (κ1) is 15.0. The topological polar surface area (TPSA) is 88.9 Å². The number of sulfonamides is 1. The van der Waals surface area contributed by atoms with Crippen molar-refractivity contribution in [2.45, 2.75) is 4.90 Å². The fraction of sp³-hybridized carbons (Fsp3) is 0.0667. The molecule has 116 valence electrons. The third-order valence-corrected chi connectivity index (χ3v) is 4.84. The minimum Gasteiger partial charge on any atom is -0.237 e. The maximum atomic E-state index is 12.5. The SMILES string of the molecule is CN(c1ncccn1)S(=O)(=O)c1cnc(-c2ccccc2)nc1. The molecule has 0 spiro atoms. The highest BCUT2D eigenvalue weighted by atomic mass is 32.2. The molecule has 2 heterocycles. The number of hydrogen-bond donors (Lipinski definition) is 0. The van der Waals surface area contributed by atoms with Gasteiger partial charge in [-0.2, -0.15) is 0 Å². The van der Waals surface area contributed by atoms with E-state index in [0.717, 1.165) is 9.87 Å². The highest BCUT2D eigenvalue weighted by Crippen LogP contribution is 2.19. The van der Waals surface area contributed by atoms with Crippen LogP contribution in [0.3, 0.4) is 0 Å². The van der Waals surface area contributed by atoms with Gasteiger partial charge < -0.3 is 0 Å². The minimum atomic E-state index is -3.81. The number of hydrogen-bond acceptors (Lipinski definition) is 6. The van der Waals surface area contributed by atoms with E-state index in [4.69, 9.17) is 0 Å². The molecule has 0 aliphatic heterocycles. The van der Waals surface area contributed by atoms with Crippen LogP contribution in [0.15, 0.2) is 66.1 Å². The molecule has 0 saturated heterocycles. The zero-order valence-corrected chi connectivity index (χ0v) is 13.1. The molecule has 0 radical (unpaired) electrons. The third kappa shape index (κ3) is 3.02. The lowest BCUT2D eigenvalue weighted by Crippen LogP contribution is -2.28. The Morgan fingerprint density at radius 2 is 1.48 bits per heavy atom. The van der Waals surface area contributed by atoms with E-state index < -0.39 is 10.0 Å². The van der Waals surface area contributed by atoms with Crippen molar-refractivity contribution in [3.8, 4) is 11.4 Å². The van der Waals surface area contributed by atoms with Gasteiger partial charge in [-0.15, -0.1) is 0 Å². The molecule has 0 N–H and O–H groups in total. The number of benzene rings is 1. The molecule has 2 aromatic heterocycles. The standard InChI is InChI=1S/C15H13N5O2S/c1-20(15-16-8-5-9-17-15)23(21,22)13-10-18-14(19-11-13)12-6-3-2-4-7-12/h2-11H,1H3. The quantitative estimate of drug-likeness (QED) is 0.725. The summed E-state index contributed by atoms with van der Waals surface area (Å²) in [4.78, 5) is 16.1. The lowest BCUT2D eigenvalue weighted by atomic mass is 10.2. The van der Waals surface area contributed by atoms with Gasteiger partial charge in [0.05, 0.1) is 12.4 Å². The van der Waals surface area contributed by atoms with Crippen molar-refractivity contribution in [1.82, 2.24) is 19.9 Å². The van der Waals surface area contributed by atoms with Crippen LogP contribution in [-0.4, -0.2) is 35.4 Å². The van der Waals surface area contributed by atoms with Crippen molar-refractivity contribution >= 4 is 16.0 Å². The van der Waals surface area contributed by atoms with E-state index in [-0.39, 0.29) is 10.8 Å². The van der Waals surface area contributed by atoms with E-state index in [1.54, 1.807) is 6.07 Å².